The summed E-state index contributed by atoms with van der Waals surface area (Å²) in [6.07, 6.45) is 3.68. The molecule has 0 saturated heterocycles. The van der Waals surface area contributed by atoms with Gasteiger partial charge in [-0.05, 0) is 6.07 Å². The summed E-state index contributed by atoms with van der Waals surface area (Å²) < 4.78 is 17.1. The molecule has 0 radical (unpaired) electrons. The topological polar surface area (TPSA) is 35.6 Å². The molecule has 2 aromatic heterocycles. The van der Waals surface area contributed by atoms with Crippen LogP contribution in [0.3, 0.4) is 0 Å². The molecule has 0 amide bonds. The summed E-state index contributed by atoms with van der Waals surface area (Å²) in [5, 5.41) is 4.20. The Balaban J connectivity index is 2.14. The van der Waals surface area contributed by atoms with Crippen LogP contribution in [0.1, 0.15) is 11.4 Å². The fourth-order valence-electron chi connectivity index (χ4n) is 2.18. The van der Waals surface area contributed by atoms with Crippen LogP contribution in [-0.4, -0.2) is 19.3 Å². The van der Waals surface area contributed by atoms with E-state index >= 15 is 0 Å². The number of hydrogen-bond acceptors (Lipinski definition) is 2. The molecule has 3 rings (SSSR count). The van der Waals surface area contributed by atoms with Crippen molar-refractivity contribution >= 4 is 34.2 Å². The third-order valence-corrected chi connectivity index (χ3v) is 3.62. The number of aryl methyl sites for hydroxylation is 1. The number of halogens is 3. The van der Waals surface area contributed by atoms with Crippen molar-refractivity contribution in [2.24, 2.45) is 7.05 Å². The molecule has 0 aliphatic carbocycles. The van der Waals surface area contributed by atoms with Crippen LogP contribution >= 0.6 is 23.2 Å². The van der Waals surface area contributed by atoms with E-state index in [0.29, 0.717) is 17.9 Å². The molecule has 20 heavy (non-hydrogen) atoms. The number of alkyl halides is 1. The first-order valence-electron chi connectivity index (χ1n) is 5.96. The van der Waals surface area contributed by atoms with Gasteiger partial charge >= 0.3 is 0 Å². The second-order valence-corrected chi connectivity index (χ2v) is 5.20. The third-order valence-electron chi connectivity index (χ3n) is 3.09. The average Bonchev–Trinajstić information content (AvgIpc) is 2.96. The SMILES string of the molecule is Cn1cc(Cn2c(CCl)nc3cc(F)c(Cl)cc32)cn1. The van der Waals surface area contributed by atoms with Crippen molar-refractivity contribution in [3.63, 3.8) is 0 Å². The minimum Gasteiger partial charge on any atom is -0.322 e. The summed E-state index contributed by atoms with van der Waals surface area (Å²) in [6.45, 7) is 0.564. The average molecular weight is 313 g/mol. The van der Waals surface area contributed by atoms with Gasteiger partial charge in [-0.25, -0.2) is 9.37 Å². The van der Waals surface area contributed by atoms with Crippen molar-refractivity contribution in [1.29, 1.82) is 0 Å². The van der Waals surface area contributed by atoms with Crippen molar-refractivity contribution < 1.29 is 4.39 Å². The second kappa shape index (κ2) is 5.07. The lowest BCUT2D eigenvalue weighted by molar-refractivity contribution is 0.629. The minimum atomic E-state index is -0.480. The fourth-order valence-corrected chi connectivity index (χ4v) is 2.55. The van der Waals surface area contributed by atoms with Gasteiger partial charge in [0.25, 0.3) is 0 Å². The van der Waals surface area contributed by atoms with E-state index in [2.05, 4.69) is 10.1 Å². The van der Waals surface area contributed by atoms with Crippen molar-refractivity contribution in [2.45, 2.75) is 12.4 Å². The summed E-state index contributed by atoms with van der Waals surface area (Å²) in [5.74, 6) is 0.437. The Morgan fingerprint density at radius 1 is 1.35 bits per heavy atom. The third kappa shape index (κ3) is 2.27. The quantitative estimate of drug-likeness (QED) is 0.695. The van der Waals surface area contributed by atoms with E-state index in [0.717, 1.165) is 11.1 Å². The van der Waals surface area contributed by atoms with Crippen molar-refractivity contribution in [1.82, 2.24) is 19.3 Å². The number of nitrogens with zero attached hydrogens (tertiary/aromatic N) is 4. The highest BCUT2D eigenvalue weighted by molar-refractivity contribution is 6.31. The molecule has 0 spiro atoms. The first-order valence-corrected chi connectivity index (χ1v) is 6.87. The number of imidazole rings is 1. The monoisotopic (exact) mass is 312 g/mol. The van der Waals surface area contributed by atoms with E-state index < -0.39 is 5.82 Å². The number of rotatable bonds is 3. The first-order chi connectivity index (χ1) is 9.58. The number of hydrogen-bond donors (Lipinski definition) is 0. The summed E-state index contributed by atoms with van der Waals surface area (Å²) in [4.78, 5) is 4.34. The smallest absolute Gasteiger partial charge is 0.144 e. The standard InChI is InChI=1S/C13H11Cl2FN4/c1-19-6-8(5-17-19)7-20-12-2-9(15)10(16)3-11(12)18-13(20)4-14/h2-3,5-6H,4,7H2,1H3. The van der Waals surface area contributed by atoms with Crippen LogP contribution in [0.25, 0.3) is 11.0 Å². The summed E-state index contributed by atoms with van der Waals surface area (Å²) in [7, 11) is 1.85. The summed E-state index contributed by atoms with van der Waals surface area (Å²) in [5.41, 5.74) is 2.32. The lowest BCUT2D eigenvalue weighted by Crippen LogP contribution is -2.03. The van der Waals surface area contributed by atoms with Gasteiger partial charge < -0.3 is 4.57 Å². The Morgan fingerprint density at radius 3 is 2.80 bits per heavy atom. The van der Waals surface area contributed by atoms with Crippen LogP contribution in [0.5, 0.6) is 0 Å². The van der Waals surface area contributed by atoms with Gasteiger partial charge in [0.2, 0.25) is 0 Å². The molecule has 3 aromatic rings. The molecule has 0 saturated carbocycles. The van der Waals surface area contributed by atoms with Crippen molar-refractivity contribution in [3.05, 3.63) is 46.8 Å². The Hall–Kier alpha value is -1.59. The minimum absolute atomic E-state index is 0.0750. The van der Waals surface area contributed by atoms with Crippen LogP contribution in [0.2, 0.25) is 5.02 Å². The van der Waals surface area contributed by atoms with Gasteiger partial charge in [-0.3, -0.25) is 4.68 Å². The van der Waals surface area contributed by atoms with Crippen LogP contribution in [-0.2, 0) is 19.5 Å². The highest BCUT2D eigenvalue weighted by Crippen LogP contribution is 2.25. The molecular weight excluding hydrogens is 302 g/mol. The molecule has 0 aliphatic heterocycles. The van der Waals surface area contributed by atoms with E-state index in [-0.39, 0.29) is 10.9 Å². The van der Waals surface area contributed by atoms with Gasteiger partial charge in [-0.2, -0.15) is 5.10 Å². The van der Waals surface area contributed by atoms with E-state index in [1.54, 1.807) is 16.9 Å². The maximum atomic E-state index is 13.5. The zero-order chi connectivity index (χ0) is 14.3. The molecule has 104 valence electrons. The molecule has 0 fully saturated rings. The number of benzene rings is 1. The predicted octanol–water partition coefficient (Wildman–Crippen LogP) is 3.35. The van der Waals surface area contributed by atoms with Gasteiger partial charge in [0.1, 0.15) is 11.6 Å². The molecule has 4 nitrogen and oxygen atoms in total. The molecule has 1 aromatic carbocycles. The van der Waals surface area contributed by atoms with Crippen molar-refractivity contribution in [2.75, 3.05) is 0 Å². The van der Waals surface area contributed by atoms with Gasteiger partial charge in [0.05, 0.1) is 34.7 Å². The molecule has 0 aliphatic rings. The number of fused-ring (bicyclic) bond motifs is 1. The first kappa shape index (κ1) is 13.4. The van der Waals surface area contributed by atoms with Crippen LogP contribution in [0, 0.1) is 5.82 Å². The second-order valence-electron chi connectivity index (χ2n) is 4.53. The highest BCUT2D eigenvalue weighted by Gasteiger charge is 2.14. The lowest BCUT2D eigenvalue weighted by atomic mass is 10.3. The molecule has 0 bridgehead atoms. The molecule has 0 atom stereocenters. The Bertz CT molecular complexity index is 778. The van der Waals surface area contributed by atoms with Crippen LogP contribution < -0.4 is 0 Å². The van der Waals surface area contributed by atoms with Gasteiger partial charge in [-0.1, -0.05) is 11.6 Å². The Morgan fingerprint density at radius 2 is 2.15 bits per heavy atom. The largest absolute Gasteiger partial charge is 0.322 e. The molecule has 2 heterocycles. The van der Waals surface area contributed by atoms with Crippen LogP contribution in [0.4, 0.5) is 4.39 Å². The normalized spacial score (nSPS) is 11.4. The lowest BCUT2D eigenvalue weighted by Gasteiger charge is -2.06. The summed E-state index contributed by atoms with van der Waals surface area (Å²) >= 11 is 11.8. The molecule has 0 unspecified atom stereocenters. The van der Waals surface area contributed by atoms with Gasteiger partial charge in [0, 0.05) is 24.9 Å². The number of aromatic nitrogens is 4. The fraction of sp³-hybridized carbons (Fsp3) is 0.231. The van der Waals surface area contributed by atoms with E-state index in [1.807, 2.05) is 17.8 Å². The maximum Gasteiger partial charge on any atom is 0.144 e. The predicted molar refractivity (Wildman–Crippen MR) is 76.6 cm³/mol. The van der Waals surface area contributed by atoms with Gasteiger partial charge in [-0.15, -0.1) is 11.6 Å². The van der Waals surface area contributed by atoms with E-state index in [4.69, 9.17) is 23.2 Å². The Kier molecular flexibility index (Phi) is 3.40. The van der Waals surface area contributed by atoms with E-state index in [1.165, 1.54) is 6.07 Å². The maximum absolute atomic E-state index is 13.5. The molecule has 7 heteroatoms. The molecular formula is C13H11Cl2FN4. The zero-order valence-corrected chi connectivity index (χ0v) is 12.2. The highest BCUT2D eigenvalue weighted by atomic mass is 35.5. The van der Waals surface area contributed by atoms with Crippen LogP contribution in [0.15, 0.2) is 24.5 Å². The zero-order valence-electron chi connectivity index (χ0n) is 10.6. The molecule has 0 N–H and O–H groups in total. The summed E-state index contributed by atoms with van der Waals surface area (Å²) in [6, 6.07) is 2.90. The van der Waals surface area contributed by atoms with E-state index in [9.17, 15) is 4.39 Å². The Labute approximate surface area is 124 Å². The van der Waals surface area contributed by atoms with Crippen molar-refractivity contribution in [3.8, 4) is 0 Å². The van der Waals surface area contributed by atoms with Gasteiger partial charge in [0.15, 0.2) is 0 Å².